The molecule has 1 saturated carbocycles. The van der Waals surface area contributed by atoms with Gasteiger partial charge in [0.25, 0.3) is 0 Å². The molecular formula is C17H22BNO5S. The predicted octanol–water partition coefficient (Wildman–Crippen LogP) is 1.93. The Balaban J connectivity index is 1.42. The molecule has 2 atom stereocenters. The topological polar surface area (TPSA) is 79.2 Å². The lowest BCUT2D eigenvalue weighted by molar-refractivity contribution is 0.0381. The van der Waals surface area contributed by atoms with Crippen LogP contribution in [0.2, 0.25) is 5.82 Å². The van der Waals surface area contributed by atoms with Crippen molar-refractivity contribution in [3.05, 3.63) is 23.3 Å². The normalized spacial score (nSPS) is 25.1. The Morgan fingerprint density at radius 1 is 1.36 bits per heavy atom. The molecule has 1 aromatic rings. The fraction of sp³-hybridized carbons (Fsp3) is 0.588. The number of rotatable bonds is 6. The molecule has 3 aliphatic rings. The average Bonchev–Trinajstić information content (AvgIpc) is 3.40. The van der Waals surface area contributed by atoms with Gasteiger partial charge in [-0.25, -0.2) is 4.79 Å². The summed E-state index contributed by atoms with van der Waals surface area (Å²) in [5.41, 5.74) is 1.14. The van der Waals surface area contributed by atoms with E-state index in [2.05, 4.69) is 4.90 Å². The number of nitrogens with zero attached hydrogens (tertiary/aromatic N) is 1. The van der Waals surface area contributed by atoms with Gasteiger partial charge in [-0.15, -0.1) is 11.8 Å². The molecule has 0 spiro atoms. The van der Waals surface area contributed by atoms with Gasteiger partial charge in [-0.2, -0.15) is 0 Å². The van der Waals surface area contributed by atoms with Crippen molar-refractivity contribution in [2.24, 2.45) is 0 Å². The van der Waals surface area contributed by atoms with E-state index in [0.717, 1.165) is 61.9 Å². The Bertz CT molecular complexity index is 667. The maximum Gasteiger partial charge on any atom is 0.526 e. The smallest absolute Gasteiger partial charge is 0.526 e. The number of fused-ring (bicyclic) bond motifs is 3. The highest BCUT2D eigenvalue weighted by Crippen LogP contribution is 2.60. The Labute approximate surface area is 151 Å². The van der Waals surface area contributed by atoms with E-state index >= 15 is 0 Å². The molecule has 0 bridgehead atoms. The van der Waals surface area contributed by atoms with E-state index in [1.165, 1.54) is 0 Å². The van der Waals surface area contributed by atoms with E-state index in [1.807, 2.05) is 12.1 Å². The lowest BCUT2D eigenvalue weighted by Gasteiger charge is -2.26. The number of carboxylic acid groups (broad SMARTS) is 1. The first kappa shape index (κ1) is 17.2. The van der Waals surface area contributed by atoms with Crippen molar-refractivity contribution in [2.75, 3.05) is 38.6 Å². The van der Waals surface area contributed by atoms with E-state index in [9.17, 15) is 14.9 Å². The predicted molar refractivity (Wildman–Crippen MR) is 95.7 cm³/mol. The van der Waals surface area contributed by atoms with Crippen molar-refractivity contribution in [2.45, 2.75) is 29.5 Å². The van der Waals surface area contributed by atoms with E-state index < -0.39 is 13.1 Å². The van der Waals surface area contributed by atoms with Gasteiger partial charge in [0, 0.05) is 23.8 Å². The van der Waals surface area contributed by atoms with Crippen LogP contribution in [-0.4, -0.2) is 66.7 Å². The van der Waals surface area contributed by atoms with Crippen LogP contribution in [0.1, 0.15) is 34.7 Å². The fourth-order valence-corrected chi connectivity index (χ4v) is 4.70. The number of carboxylic acids is 1. The van der Waals surface area contributed by atoms with Gasteiger partial charge in [0.2, 0.25) is 0 Å². The summed E-state index contributed by atoms with van der Waals surface area (Å²) in [4.78, 5) is 14.9. The quantitative estimate of drug-likeness (QED) is 0.454. The molecule has 0 aromatic heterocycles. The van der Waals surface area contributed by atoms with Crippen LogP contribution in [0.25, 0.3) is 0 Å². The molecule has 8 heteroatoms. The van der Waals surface area contributed by atoms with Gasteiger partial charge >= 0.3 is 13.1 Å². The highest BCUT2D eigenvalue weighted by Gasteiger charge is 2.54. The molecule has 25 heavy (non-hydrogen) atoms. The lowest BCUT2D eigenvalue weighted by Crippen LogP contribution is -2.36. The van der Waals surface area contributed by atoms with Crippen molar-refractivity contribution >= 4 is 24.8 Å². The van der Waals surface area contributed by atoms with Crippen molar-refractivity contribution in [3.8, 4) is 5.75 Å². The molecule has 2 fully saturated rings. The fourth-order valence-electron chi connectivity index (χ4n) is 3.71. The summed E-state index contributed by atoms with van der Waals surface area (Å²) in [5.74, 6) is 0.611. The van der Waals surface area contributed by atoms with Crippen LogP contribution in [0.3, 0.4) is 0 Å². The van der Waals surface area contributed by atoms with E-state index in [0.29, 0.717) is 5.75 Å². The van der Waals surface area contributed by atoms with E-state index in [1.54, 1.807) is 11.8 Å². The Hall–Kier alpha value is -1.22. The molecule has 0 unspecified atom stereocenters. The summed E-state index contributed by atoms with van der Waals surface area (Å²) < 4.78 is 10.9. The second-order valence-electron chi connectivity index (χ2n) is 6.83. The molecule has 4 rings (SSSR count). The number of hydrogen-bond donors (Lipinski definition) is 2. The Morgan fingerprint density at radius 2 is 2.16 bits per heavy atom. The molecular weight excluding hydrogens is 341 g/mol. The number of benzene rings is 1. The van der Waals surface area contributed by atoms with Crippen LogP contribution in [0, 0.1) is 0 Å². The summed E-state index contributed by atoms with van der Waals surface area (Å²) in [7, 11) is -0.878. The summed E-state index contributed by atoms with van der Waals surface area (Å²) in [6.07, 6.45) is 1.87. The van der Waals surface area contributed by atoms with Gasteiger partial charge in [-0.1, -0.05) is 6.07 Å². The first-order chi connectivity index (χ1) is 12.1. The summed E-state index contributed by atoms with van der Waals surface area (Å²) in [5, 5.41) is 19.7. The monoisotopic (exact) mass is 363 g/mol. The van der Waals surface area contributed by atoms with Gasteiger partial charge < -0.3 is 19.5 Å². The third-order valence-corrected chi connectivity index (χ3v) is 6.33. The van der Waals surface area contributed by atoms with Crippen molar-refractivity contribution in [1.82, 2.24) is 4.90 Å². The molecule has 1 aliphatic carbocycles. The third kappa shape index (κ3) is 3.53. The molecule has 2 heterocycles. The highest BCUT2D eigenvalue weighted by atomic mass is 32.2. The average molecular weight is 363 g/mol. The van der Waals surface area contributed by atoms with Crippen molar-refractivity contribution in [1.29, 1.82) is 0 Å². The first-order valence-corrected chi connectivity index (χ1v) is 9.81. The van der Waals surface area contributed by atoms with Crippen LogP contribution < -0.4 is 4.65 Å². The molecule has 6 nitrogen and oxygen atoms in total. The highest BCUT2D eigenvalue weighted by molar-refractivity contribution is 7.99. The minimum atomic E-state index is -0.987. The minimum Gasteiger partial charge on any atom is -0.535 e. The summed E-state index contributed by atoms with van der Waals surface area (Å²) >= 11 is 1.55. The number of hydrogen-bond acceptors (Lipinski definition) is 6. The van der Waals surface area contributed by atoms with Crippen LogP contribution in [0.4, 0.5) is 0 Å². The number of thioether (sulfide) groups is 1. The standard InChI is InChI=1S/C17H22BNO5S/c20-17(21)15-14(25-9-1-4-19-5-7-23-8-6-19)3-2-11-12-10-13(12)18(22)24-16(11)15/h2-3,12-13,22H,1,4-10H2,(H,20,21)/t12-,13-/m1/s1. The van der Waals surface area contributed by atoms with Crippen molar-refractivity contribution < 1.29 is 24.3 Å². The molecule has 2 N–H and O–H groups in total. The van der Waals surface area contributed by atoms with Crippen LogP contribution in [0.5, 0.6) is 5.75 Å². The largest absolute Gasteiger partial charge is 0.535 e. The zero-order chi connectivity index (χ0) is 17.4. The molecule has 0 radical (unpaired) electrons. The van der Waals surface area contributed by atoms with Gasteiger partial charge in [0.15, 0.2) is 0 Å². The number of aromatic carboxylic acids is 1. The molecule has 134 valence electrons. The Kier molecular flexibility index (Phi) is 4.95. The molecule has 1 saturated heterocycles. The number of ether oxygens (including phenoxy) is 1. The molecule has 1 aromatic carbocycles. The van der Waals surface area contributed by atoms with Gasteiger partial charge in [0.1, 0.15) is 11.3 Å². The maximum absolute atomic E-state index is 11.8. The van der Waals surface area contributed by atoms with E-state index in [-0.39, 0.29) is 17.3 Å². The summed E-state index contributed by atoms with van der Waals surface area (Å²) in [6, 6.07) is 3.88. The number of morpholine rings is 1. The van der Waals surface area contributed by atoms with Gasteiger partial charge in [-0.05, 0) is 42.7 Å². The molecule has 2 aliphatic heterocycles. The van der Waals surface area contributed by atoms with Crippen LogP contribution in [-0.2, 0) is 4.74 Å². The maximum atomic E-state index is 11.8. The second-order valence-corrected chi connectivity index (χ2v) is 7.97. The van der Waals surface area contributed by atoms with Crippen LogP contribution in [0.15, 0.2) is 17.0 Å². The van der Waals surface area contributed by atoms with Crippen molar-refractivity contribution in [3.63, 3.8) is 0 Å². The number of carbonyl (C=O) groups is 1. The van der Waals surface area contributed by atoms with Gasteiger partial charge in [0.05, 0.1) is 13.2 Å². The SMILES string of the molecule is O=C(O)c1c(SCCCN2CCOCC2)ccc2c1OB(O)[C@@H]1C[C@H]21. The molecule has 0 amide bonds. The lowest BCUT2D eigenvalue weighted by atomic mass is 9.77. The Morgan fingerprint density at radius 3 is 2.92 bits per heavy atom. The van der Waals surface area contributed by atoms with Crippen LogP contribution >= 0.6 is 11.8 Å². The zero-order valence-corrected chi connectivity index (χ0v) is 14.8. The van der Waals surface area contributed by atoms with E-state index in [4.69, 9.17) is 9.39 Å². The summed E-state index contributed by atoms with van der Waals surface area (Å²) in [6.45, 7) is 4.53. The zero-order valence-electron chi connectivity index (χ0n) is 14.0. The third-order valence-electron chi connectivity index (χ3n) is 5.19. The second kappa shape index (κ2) is 7.19. The first-order valence-electron chi connectivity index (χ1n) is 8.83. The van der Waals surface area contributed by atoms with Gasteiger partial charge in [-0.3, -0.25) is 4.90 Å². The minimum absolute atomic E-state index is 0.126.